The lowest BCUT2D eigenvalue weighted by Gasteiger charge is -2.30. The molecule has 172 valence electrons. The summed E-state index contributed by atoms with van der Waals surface area (Å²) >= 11 is 0. The van der Waals surface area contributed by atoms with Crippen LogP contribution in [0, 0.1) is 6.92 Å². The summed E-state index contributed by atoms with van der Waals surface area (Å²) < 4.78 is 5.23. The van der Waals surface area contributed by atoms with Crippen LogP contribution in [0.15, 0.2) is 54.6 Å². The van der Waals surface area contributed by atoms with Crippen LogP contribution in [0.4, 0.5) is 4.79 Å². The number of nitrogens with zero attached hydrogens (tertiary/aromatic N) is 1. The second kappa shape index (κ2) is 10.8. The predicted molar refractivity (Wildman–Crippen MR) is 124 cm³/mol. The van der Waals surface area contributed by atoms with Crippen molar-refractivity contribution in [1.29, 1.82) is 0 Å². The topological polar surface area (TPSA) is 87.7 Å². The van der Waals surface area contributed by atoms with E-state index in [2.05, 4.69) is 10.6 Å². The van der Waals surface area contributed by atoms with E-state index in [9.17, 15) is 14.4 Å². The van der Waals surface area contributed by atoms with E-state index < -0.39 is 29.7 Å². The molecule has 0 fully saturated rings. The summed E-state index contributed by atoms with van der Waals surface area (Å²) in [6.07, 6.45) is -0.688. The molecule has 0 heterocycles. The normalized spacial score (nSPS) is 12.9. The van der Waals surface area contributed by atoms with E-state index in [-0.39, 0.29) is 5.91 Å². The molecule has 0 spiro atoms. The smallest absolute Gasteiger partial charge is 0.408 e. The van der Waals surface area contributed by atoms with E-state index in [0.29, 0.717) is 12.1 Å². The first-order valence-corrected chi connectivity index (χ1v) is 10.6. The third kappa shape index (κ3) is 7.41. The first-order valence-electron chi connectivity index (χ1n) is 10.6. The lowest BCUT2D eigenvalue weighted by molar-refractivity contribution is -0.140. The van der Waals surface area contributed by atoms with Crippen LogP contribution >= 0.6 is 0 Å². The molecule has 7 heteroatoms. The van der Waals surface area contributed by atoms with Crippen molar-refractivity contribution in [1.82, 2.24) is 15.5 Å². The average Bonchev–Trinajstić information content (AvgIpc) is 2.72. The minimum atomic E-state index is -0.871. The fraction of sp³-hybridized carbons (Fsp3) is 0.400. The van der Waals surface area contributed by atoms with Crippen molar-refractivity contribution in [2.24, 2.45) is 0 Å². The molecule has 0 saturated carbocycles. The number of aryl methyl sites for hydroxylation is 1. The van der Waals surface area contributed by atoms with Gasteiger partial charge in [-0.2, -0.15) is 0 Å². The molecule has 0 saturated heterocycles. The Morgan fingerprint density at radius 3 is 2.16 bits per heavy atom. The van der Waals surface area contributed by atoms with Crippen LogP contribution < -0.4 is 10.6 Å². The Balaban J connectivity index is 2.18. The third-order valence-corrected chi connectivity index (χ3v) is 4.79. The van der Waals surface area contributed by atoms with Crippen LogP contribution in [-0.2, 0) is 20.9 Å². The van der Waals surface area contributed by atoms with Gasteiger partial charge in [0.15, 0.2) is 0 Å². The van der Waals surface area contributed by atoms with Crippen molar-refractivity contribution < 1.29 is 19.1 Å². The van der Waals surface area contributed by atoms with E-state index in [1.54, 1.807) is 34.7 Å². The number of rotatable bonds is 7. The number of hydrogen-bond donors (Lipinski definition) is 2. The Kier molecular flexibility index (Phi) is 8.41. The van der Waals surface area contributed by atoms with Gasteiger partial charge < -0.3 is 20.3 Å². The molecule has 0 radical (unpaired) electrons. The molecule has 32 heavy (non-hydrogen) atoms. The maximum absolute atomic E-state index is 13.2. The van der Waals surface area contributed by atoms with E-state index in [1.165, 1.54) is 4.90 Å². The quantitative estimate of drug-likeness (QED) is 0.688. The summed E-state index contributed by atoms with van der Waals surface area (Å²) in [5.74, 6) is -0.714. The van der Waals surface area contributed by atoms with Gasteiger partial charge in [-0.25, -0.2) is 4.79 Å². The number of amides is 3. The molecule has 0 bridgehead atoms. The van der Waals surface area contributed by atoms with Crippen LogP contribution in [0.2, 0.25) is 0 Å². The molecule has 2 aromatic rings. The van der Waals surface area contributed by atoms with Gasteiger partial charge in [0.1, 0.15) is 17.7 Å². The Bertz CT molecular complexity index is 920. The molecule has 7 nitrogen and oxygen atoms in total. The van der Waals surface area contributed by atoms with E-state index >= 15 is 0 Å². The summed E-state index contributed by atoms with van der Waals surface area (Å²) in [4.78, 5) is 39.7. The number of ether oxygens (including phenoxy) is 1. The highest BCUT2D eigenvalue weighted by molar-refractivity contribution is 5.91. The van der Waals surface area contributed by atoms with Crippen molar-refractivity contribution in [3.8, 4) is 0 Å². The van der Waals surface area contributed by atoms with Gasteiger partial charge >= 0.3 is 6.09 Å². The Morgan fingerprint density at radius 2 is 1.59 bits per heavy atom. The van der Waals surface area contributed by atoms with Gasteiger partial charge in [-0.3, -0.25) is 9.59 Å². The fourth-order valence-corrected chi connectivity index (χ4v) is 3.16. The molecule has 2 rings (SSSR count). The van der Waals surface area contributed by atoms with Crippen LogP contribution in [0.25, 0.3) is 0 Å². The first kappa shape index (κ1) is 24.9. The summed E-state index contributed by atoms with van der Waals surface area (Å²) in [5, 5.41) is 5.46. The highest BCUT2D eigenvalue weighted by atomic mass is 16.6. The number of carbonyl (C=O) groups excluding carboxylic acids is 3. The van der Waals surface area contributed by atoms with Gasteiger partial charge in [0.2, 0.25) is 11.8 Å². The van der Waals surface area contributed by atoms with Gasteiger partial charge in [-0.15, -0.1) is 0 Å². The molecule has 2 N–H and O–H groups in total. The molecule has 2 aromatic carbocycles. The highest BCUT2D eigenvalue weighted by Gasteiger charge is 2.32. The number of likely N-dealkylation sites (N-methyl/N-ethyl adjacent to an activating group) is 1. The maximum atomic E-state index is 13.2. The minimum absolute atomic E-state index is 0.307. The summed E-state index contributed by atoms with van der Waals surface area (Å²) in [5.41, 5.74) is 2.01. The summed E-state index contributed by atoms with van der Waals surface area (Å²) in [7, 11) is 1.56. The van der Waals surface area contributed by atoms with E-state index in [1.807, 2.05) is 61.5 Å². The Labute approximate surface area is 190 Å². The molecule has 2 unspecified atom stereocenters. The zero-order valence-corrected chi connectivity index (χ0v) is 19.6. The summed E-state index contributed by atoms with van der Waals surface area (Å²) in [6.45, 7) is 9.10. The molecule has 2 atom stereocenters. The van der Waals surface area contributed by atoms with Crippen molar-refractivity contribution in [2.75, 3.05) is 7.05 Å². The number of nitrogens with one attached hydrogen (secondary N) is 2. The predicted octanol–water partition coefficient (Wildman–Crippen LogP) is 3.72. The molecule has 0 aromatic heterocycles. The number of carbonyl (C=O) groups is 3. The van der Waals surface area contributed by atoms with Crippen molar-refractivity contribution in [3.05, 3.63) is 71.3 Å². The van der Waals surface area contributed by atoms with Crippen molar-refractivity contribution in [2.45, 2.75) is 58.8 Å². The fourth-order valence-electron chi connectivity index (χ4n) is 3.16. The zero-order valence-electron chi connectivity index (χ0n) is 19.6. The SMILES string of the molecule is Cc1ccc(C(C(=O)NCc2ccccc2)N(C)C(=O)C(C)NC(=O)OC(C)(C)C)cc1. The largest absolute Gasteiger partial charge is 0.444 e. The monoisotopic (exact) mass is 439 g/mol. The van der Waals surface area contributed by atoms with Gasteiger partial charge in [-0.1, -0.05) is 60.2 Å². The number of benzene rings is 2. The standard InChI is InChI=1S/C25H33N3O4/c1-17-12-14-20(15-13-17)21(22(29)26-16-19-10-8-7-9-11-19)28(6)23(30)18(2)27-24(31)32-25(3,4)5/h7-15,18,21H,16H2,1-6H3,(H,26,29)(H,27,31). The minimum Gasteiger partial charge on any atom is -0.444 e. The highest BCUT2D eigenvalue weighted by Crippen LogP contribution is 2.22. The molecular weight excluding hydrogens is 406 g/mol. The average molecular weight is 440 g/mol. The van der Waals surface area contributed by atoms with Crippen molar-refractivity contribution >= 4 is 17.9 Å². The molecule has 0 aliphatic heterocycles. The second-order valence-corrected chi connectivity index (χ2v) is 8.83. The van der Waals surface area contributed by atoms with Gasteiger partial charge in [-0.05, 0) is 45.7 Å². The van der Waals surface area contributed by atoms with Gasteiger partial charge in [0.25, 0.3) is 0 Å². The van der Waals surface area contributed by atoms with Crippen LogP contribution in [0.1, 0.15) is 50.4 Å². The maximum Gasteiger partial charge on any atom is 0.408 e. The van der Waals surface area contributed by atoms with Crippen LogP contribution in [0.3, 0.4) is 0 Å². The third-order valence-electron chi connectivity index (χ3n) is 4.79. The lowest BCUT2D eigenvalue weighted by atomic mass is 10.0. The van der Waals surface area contributed by atoms with Gasteiger partial charge in [0, 0.05) is 13.6 Å². The van der Waals surface area contributed by atoms with Crippen LogP contribution in [-0.4, -0.2) is 41.5 Å². The molecule has 0 aliphatic carbocycles. The van der Waals surface area contributed by atoms with E-state index in [4.69, 9.17) is 4.74 Å². The Morgan fingerprint density at radius 1 is 1.00 bits per heavy atom. The van der Waals surface area contributed by atoms with Crippen LogP contribution in [0.5, 0.6) is 0 Å². The molecule has 3 amide bonds. The molecular formula is C25H33N3O4. The van der Waals surface area contributed by atoms with E-state index in [0.717, 1.165) is 11.1 Å². The number of alkyl carbamates (subject to hydrolysis) is 1. The second-order valence-electron chi connectivity index (χ2n) is 8.83. The number of hydrogen-bond acceptors (Lipinski definition) is 4. The first-order chi connectivity index (χ1) is 15.0. The molecule has 0 aliphatic rings. The van der Waals surface area contributed by atoms with Crippen molar-refractivity contribution in [3.63, 3.8) is 0 Å². The lowest BCUT2D eigenvalue weighted by Crippen LogP contribution is -2.50. The Hall–Kier alpha value is -3.35. The van der Waals surface area contributed by atoms with Gasteiger partial charge in [0.05, 0.1) is 0 Å². The summed E-state index contributed by atoms with van der Waals surface area (Å²) in [6, 6.07) is 15.3. The zero-order chi connectivity index (χ0) is 23.9.